The van der Waals surface area contributed by atoms with Crippen LogP contribution in [0.2, 0.25) is 0 Å². The van der Waals surface area contributed by atoms with Gasteiger partial charge in [-0.05, 0) is 42.5 Å². The first kappa shape index (κ1) is 22.1. The summed E-state index contributed by atoms with van der Waals surface area (Å²) in [5.41, 5.74) is 3.85. The normalized spacial score (nSPS) is 10.8. The number of anilines is 2. The summed E-state index contributed by atoms with van der Waals surface area (Å²) < 4.78 is 6.04. The average Bonchev–Trinajstić information content (AvgIpc) is 2.95. The zero-order chi connectivity index (χ0) is 25.0. The summed E-state index contributed by atoms with van der Waals surface area (Å²) >= 11 is 0. The second-order valence-electron chi connectivity index (χ2n) is 8.16. The van der Waals surface area contributed by atoms with Crippen molar-refractivity contribution in [3.8, 4) is 40.2 Å². The van der Waals surface area contributed by atoms with Gasteiger partial charge in [0.05, 0.1) is 11.3 Å². The zero-order valence-corrected chi connectivity index (χ0v) is 19.5. The Morgan fingerprint density at radius 3 is 2.27 bits per heavy atom. The highest BCUT2D eigenvalue weighted by Gasteiger charge is 2.13. The van der Waals surface area contributed by atoms with Crippen LogP contribution < -0.4 is 10.1 Å². The molecule has 8 heteroatoms. The number of hydrogen-bond acceptors (Lipinski definition) is 8. The Kier molecular flexibility index (Phi) is 5.80. The van der Waals surface area contributed by atoms with Gasteiger partial charge >= 0.3 is 6.01 Å². The molecule has 0 radical (unpaired) electrons. The lowest BCUT2D eigenvalue weighted by molar-refractivity contribution is 0.430. The van der Waals surface area contributed by atoms with E-state index in [9.17, 15) is 5.11 Å². The van der Waals surface area contributed by atoms with E-state index in [4.69, 9.17) is 4.74 Å². The molecule has 3 heterocycles. The molecular formula is C29H20N6O2. The number of hydrogen-bond donors (Lipinski definition) is 2. The van der Waals surface area contributed by atoms with Gasteiger partial charge in [0.1, 0.15) is 11.4 Å². The van der Waals surface area contributed by atoms with Gasteiger partial charge < -0.3 is 15.2 Å². The molecule has 3 aromatic carbocycles. The summed E-state index contributed by atoms with van der Waals surface area (Å²) in [4.78, 5) is 12.1. The molecule has 0 aliphatic carbocycles. The van der Waals surface area contributed by atoms with Crippen molar-refractivity contribution in [2.75, 3.05) is 5.32 Å². The molecule has 2 N–H and O–H groups in total. The molecule has 6 aromatic rings. The Morgan fingerprint density at radius 1 is 0.676 bits per heavy atom. The van der Waals surface area contributed by atoms with Gasteiger partial charge in [-0.15, -0.1) is 10.2 Å². The van der Waals surface area contributed by atoms with Crippen LogP contribution in [-0.4, -0.2) is 30.3 Å². The Balaban J connectivity index is 1.26. The SMILES string of the molecule is Oc1nccc(-c2cccnc2Oc2ccc(Nc3nnc(-c4ccccc4)c4ccccc34)cc2)n1. The zero-order valence-electron chi connectivity index (χ0n) is 19.5. The molecule has 0 fully saturated rings. The molecule has 0 amide bonds. The number of pyridine rings is 1. The molecule has 0 spiro atoms. The van der Waals surface area contributed by atoms with Gasteiger partial charge in [0, 0.05) is 34.4 Å². The Bertz CT molecular complexity index is 1690. The van der Waals surface area contributed by atoms with Crippen LogP contribution in [0.5, 0.6) is 17.6 Å². The maximum atomic E-state index is 9.65. The molecule has 8 nitrogen and oxygen atoms in total. The van der Waals surface area contributed by atoms with Gasteiger partial charge in [-0.25, -0.2) is 9.97 Å². The van der Waals surface area contributed by atoms with E-state index in [0.29, 0.717) is 28.7 Å². The van der Waals surface area contributed by atoms with Gasteiger partial charge in [0.15, 0.2) is 5.82 Å². The van der Waals surface area contributed by atoms with E-state index in [1.54, 1.807) is 18.3 Å². The first-order valence-electron chi connectivity index (χ1n) is 11.6. The summed E-state index contributed by atoms with van der Waals surface area (Å²) in [7, 11) is 0. The summed E-state index contributed by atoms with van der Waals surface area (Å²) in [6.07, 6.45) is 3.12. The van der Waals surface area contributed by atoms with Crippen LogP contribution in [0, 0.1) is 0 Å². The van der Waals surface area contributed by atoms with Crippen molar-refractivity contribution in [2.24, 2.45) is 0 Å². The third-order valence-electron chi connectivity index (χ3n) is 5.76. The minimum absolute atomic E-state index is 0.310. The first-order valence-corrected chi connectivity index (χ1v) is 11.6. The molecule has 6 rings (SSSR count). The fraction of sp³-hybridized carbons (Fsp3) is 0. The predicted molar refractivity (Wildman–Crippen MR) is 142 cm³/mol. The minimum atomic E-state index is -0.310. The number of aromatic nitrogens is 5. The van der Waals surface area contributed by atoms with Crippen molar-refractivity contribution in [2.45, 2.75) is 0 Å². The van der Waals surface area contributed by atoms with E-state index in [1.807, 2.05) is 78.9 Å². The molecule has 0 bridgehead atoms. The Hall–Kier alpha value is -5.37. The van der Waals surface area contributed by atoms with Gasteiger partial charge in [0.2, 0.25) is 5.88 Å². The fourth-order valence-electron chi connectivity index (χ4n) is 4.03. The molecule has 3 aromatic heterocycles. The van der Waals surface area contributed by atoms with Crippen LogP contribution in [0.1, 0.15) is 0 Å². The molecule has 0 aliphatic heterocycles. The first-order chi connectivity index (χ1) is 18.2. The fourth-order valence-corrected chi connectivity index (χ4v) is 4.03. The second kappa shape index (κ2) is 9.71. The quantitative estimate of drug-likeness (QED) is 0.280. The smallest absolute Gasteiger partial charge is 0.314 e. The molecule has 0 saturated heterocycles. The van der Waals surface area contributed by atoms with Crippen LogP contribution in [0.25, 0.3) is 33.3 Å². The van der Waals surface area contributed by atoms with Gasteiger partial charge in [-0.1, -0.05) is 54.6 Å². The van der Waals surface area contributed by atoms with Crippen molar-refractivity contribution in [1.82, 2.24) is 25.1 Å². The highest BCUT2D eigenvalue weighted by atomic mass is 16.5. The van der Waals surface area contributed by atoms with E-state index in [0.717, 1.165) is 27.7 Å². The number of fused-ring (bicyclic) bond motifs is 1. The van der Waals surface area contributed by atoms with Crippen LogP contribution in [0.15, 0.2) is 109 Å². The van der Waals surface area contributed by atoms with E-state index in [-0.39, 0.29) is 6.01 Å². The molecule has 178 valence electrons. The number of ether oxygens (including phenoxy) is 1. The molecule has 0 atom stereocenters. The maximum absolute atomic E-state index is 9.65. The van der Waals surface area contributed by atoms with E-state index >= 15 is 0 Å². The number of rotatable bonds is 6. The summed E-state index contributed by atoms with van der Waals surface area (Å²) in [5, 5.41) is 24.0. The van der Waals surface area contributed by atoms with Gasteiger partial charge in [-0.3, -0.25) is 0 Å². The Morgan fingerprint density at radius 2 is 1.46 bits per heavy atom. The highest BCUT2D eigenvalue weighted by molar-refractivity contribution is 6.00. The largest absolute Gasteiger partial charge is 0.479 e. The lowest BCUT2D eigenvalue weighted by Crippen LogP contribution is -1.99. The topological polar surface area (TPSA) is 106 Å². The number of nitrogens with zero attached hydrogens (tertiary/aromatic N) is 5. The number of aromatic hydroxyl groups is 1. The number of benzene rings is 3. The second-order valence-corrected chi connectivity index (χ2v) is 8.16. The van der Waals surface area contributed by atoms with E-state index in [2.05, 4.69) is 36.5 Å². The standard InChI is InChI=1S/C29H20N6O2/c36-29-31-18-16-25(33-29)24-11-6-17-30-28(24)37-21-14-12-20(13-15-21)32-27-23-10-5-4-9-22(23)26(34-35-27)19-7-2-1-3-8-19/h1-18H,(H,32,35)(H,31,33,36). The molecule has 0 unspecified atom stereocenters. The lowest BCUT2D eigenvalue weighted by Gasteiger charge is -2.12. The van der Waals surface area contributed by atoms with Crippen LogP contribution in [-0.2, 0) is 0 Å². The molecule has 0 saturated carbocycles. The van der Waals surface area contributed by atoms with Crippen LogP contribution >= 0.6 is 0 Å². The van der Waals surface area contributed by atoms with E-state index in [1.165, 1.54) is 6.20 Å². The molecule has 37 heavy (non-hydrogen) atoms. The molecule has 0 aliphatic rings. The summed E-state index contributed by atoms with van der Waals surface area (Å²) in [6, 6.07) is 30.6. The van der Waals surface area contributed by atoms with Crippen molar-refractivity contribution < 1.29 is 9.84 Å². The van der Waals surface area contributed by atoms with Crippen molar-refractivity contribution in [3.63, 3.8) is 0 Å². The van der Waals surface area contributed by atoms with Gasteiger partial charge in [0.25, 0.3) is 0 Å². The van der Waals surface area contributed by atoms with Gasteiger partial charge in [-0.2, -0.15) is 4.98 Å². The average molecular weight is 485 g/mol. The maximum Gasteiger partial charge on any atom is 0.314 e. The van der Waals surface area contributed by atoms with E-state index < -0.39 is 0 Å². The summed E-state index contributed by atoms with van der Waals surface area (Å²) in [6.45, 7) is 0. The third kappa shape index (κ3) is 4.63. The molecular weight excluding hydrogens is 464 g/mol. The number of nitrogens with one attached hydrogen (secondary N) is 1. The monoisotopic (exact) mass is 484 g/mol. The van der Waals surface area contributed by atoms with Crippen LogP contribution in [0.3, 0.4) is 0 Å². The summed E-state index contributed by atoms with van der Waals surface area (Å²) in [5.74, 6) is 1.63. The highest BCUT2D eigenvalue weighted by Crippen LogP contribution is 2.33. The van der Waals surface area contributed by atoms with Crippen molar-refractivity contribution in [3.05, 3.63) is 109 Å². The van der Waals surface area contributed by atoms with Crippen LogP contribution in [0.4, 0.5) is 11.5 Å². The van der Waals surface area contributed by atoms with Crippen molar-refractivity contribution in [1.29, 1.82) is 0 Å². The minimum Gasteiger partial charge on any atom is -0.479 e. The Labute approximate surface area is 212 Å². The lowest BCUT2D eigenvalue weighted by atomic mass is 10.0. The van der Waals surface area contributed by atoms with Crippen molar-refractivity contribution >= 4 is 22.3 Å². The predicted octanol–water partition coefficient (Wildman–Crippen LogP) is 6.39. The third-order valence-corrected chi connectivity index (χ3v) is 5.76.